The first kappa shape index (κ1) is 17.6. The van der Waals surface area contributed by atoms with Gasteiger partial charge in [0.15, 0.2) is 0 Å². The monoisotopic (exact) mass is 374 g/mol. The van der Waals surface area contributed by atoms with E-state index in [0.29, 0.717) is 37.3 Å². The number of allylic oxidation sites excluding steroid dienone is 1. The summed E-state index contributed by atoms with van der Waals surface area (Å²) in [6, 6.07) is 1.73. The van der Waals surface area contributed by atoms with Crippen LogP contribution in [0.4, 0.5) is 8.78 Å². The van der Waals surface area contributed by atoms with Crippen molar-refractivity contribution >= 4 is 11.6 Å². The van der Waals surface area contributed by atoms with Crippen LogP contribution in [0.25, 0.3) is 0 Å². The summed E-state index contributed by atoms with van der Waals surface area (Å²) in [5, 5.41) is 4.29. The van der Waals surface area contributed by atoms with E-state index >= 15 is 0 Å². The minimum absolute atomic E-state index is 0.0936. The number of hydrogen-bond acceptors (Lipinski definition) is 4. The number of aromatic amines is 1. The van der Waals surface area contributed by atoms with Crippen LogP contribution in [-0.4, -0.2) is 49.2 Å². The van der Waals surface area contributed by atoms with Crippen LogP contribution in [0.5, 0.6) is 0 Å². The zero-order valence-corrected chi connectivity index (χ0v) is 15.1. The van der Waals surface area contributed by atoms with Gasteiger partial charge in [0.2, 0.25) is 0 Å². The summed E-state index contributed by atoms with van der Waals surface area (Å²) in [5.41, 5.74) is 2.41. The van der Waals surface area contributed by atoms with Crippen LogP contribution in [0.3, 0.4) is 0 Å². The number of hydrogen-bond donors (Lipinski definition) is 1. The average molecular weight is 374 g/mol. The van der Waals surface area contributed by atoms with E-state index in [1.165, 1.54) is 0 Å². The number of nitrogens with one attached hydrogen (secondary N) is 1. The summed E-state index contributed by atoms with van der Waals surface area (Å²) in [5.74, 6) is -0.869. The topological polar surface area (TPSA) is 79.2 Å². The smallest absolute Gasteiger partial charge is 0.280 e. The summed E-state index contributed by atoms with van der Waals surface area (Å²) >= 11 is 0. The summed E-state index contributed by atoms with van der Waals surface area (Å²) in [6.45, 7) is 2.66. The molecular weight excluding hydrogens is 354 g/mol. The van der Waals surface area contributed by atoms with E-state index in [1.54, 1.807) is 35.2 Å². The van der Waals surface area contributed by atoms with Gasteiger partial charge in [-0.05, 0) is 12.5 Å². The lowest BCUT2D eigenvalue weighted by atomic mass is 9.89. The number of H-pyrrole nitrogens is 1. The number of carbonyl (C=O) groups is 1. The second kappa shape index (κ2) is 6.71. The maximum Gasteiger partial charge on any atom is 0.280 e. The molecule has 0 radical (unpaired) electrons. The Hall–Kier alpha value is -2.84. The highest BCUT2D eigenvalue weighted by Crippen LogP contribution is 2.36. The van der Waals surface area contributed by atoms with Crippen molar-refractivity contribution in [1.82, 2.24) is 24.6 Å². The summed E-state index contributed by atoms with van der Waals surface area (Å²) < 4.78 is 29.1. The molecule has 0 spiro atoms. The lowest BCUT2D eigenvalue weighted by Gasteiger charge is -2.28. The molecule has 7 nitrogen and oxygen atoms in total. The number of aliphatic imine (C=N–C) groups is 1. The molecule has 0 aromatic carbocycles. The fourth-order valence-electron chi connectivity index (χ4n) is 3.75. The molecule has 0 aliphatic carbocycles. The molecule has 1 unspecified atom stereocenters. The number of aromatic nitrogens is 4. The van der Waals surface area contributed by atoms with Crippen molar-refractivity contribution < 1.29 is 13.6 Å². The molecule has 1 N–H and O–H groups in total. The van der Waals surface area contributed by atoms with Crippen LogP contribution < -0.4 is 0 Å². The lowest BCUT2D eigenvalue weighted by molar-refractivity contribution is -0.128. The number of aryl methyl sites for hydroxylation is 1. The standard InChI is InChI=1S/C18H20F2N6O/c1-3-10-14(18(27)26-7-5-11-13(8-26)22-9-21-11)16(17(19)20)23-15(10)12-4-6-25(2)24-12/h4,6,9-10,17H,3,5,7-8H2,1-2H3,(H,21,22). The molecule has 0 bridgehead atoms. The van der Waals surface area contributed by atoms with Crippen molar-refractivity contribution in [3.63, 3.8) is 0 Å². The average Bonchev–Trinajstić information content (AvgIpc) is 3.37. The van der Waals surface area contributed by atoms with E-state index in [4.69, 9.17) is 0 Å². The van der Waals surface area contributed by atoms with E-state index in [0.717, 1.165) is 11.4 Å². The van der Waals surface area contributed by atoms with E-state index in [2.05, 4.69) is 20.1 Å². The number of rotatable bonds is 4. The first-order chi connectivity index (χ1) is 13.0. The quantitative estimate of drug-likeness (QED) is 0.890. The minimum Gasteiger partial charge on any atom is -0.347 e. The fraction of sp³-hybridized carbons (Fsp3) is 0.444. The van der Waals surface area contributed by atoms with Crippen molar-refractivity contribution in [3.05, 3.63) is 46.9 Å². The Morgan fingerprint density at radius 1 is 1.44 bits per heavy atom. The summed E-state index contributed by atoms with van der Waals surface area (Å²) in [6.07, 6.45) is 1.61. The SMILES string of the molecule is CCC1C(c2ccn(C)n2)=NC(C(F)F)=C1C(=O)N1CCc2nc[nH]c2C1. The highest BCUT2D eigenvalue weighted by Gasteiger charge is 2.40. The van der Waals surface area contributed by atoms with Crippen LogP contribution in [0.15, 0.2) is 34.9 Å². The number of nitrogens with zero attached hydrogens (tertiary/aromatic N) is 5. The summed E-state index contributed by atoms with van der Waals surface area (Å²) in [7, 11) is 1.75. The molecule has 0 saturated carbocycles. The van der Waals surface area contributed by atoms with Crippen LogP contribution in [0, 0.1) is 5.92 Å². The van der Waals surface area contributed by atoms with Crippen LogP contribution >= 0.6 is 0 Å². The Bertz CT molecular complexity index is 941. The van der Waals surface area contributed by atoms with Crippen molar-refractivity contribution in [2.45, 2.75) is 32.7 Å². The second-order valence-corrected chi connectivity index (χ2v) is 6.74. The number of imidazole rings is 1. The predicted octanol–water partition coefficient (Wildman–Crippen LogP) is 2.08. The van der Waals surface area contributed by atoms with Crippen LogP contribution in [0.1, 0.15) is 30.4 Å². The van der Waals surface area contributed by atoms with Crippen molar-refractivity contribution in [3.8, 4) is 0 Å². The number of halogens is 2. The van der Waals surface area contributed by atoms with Gasteiger partial charge in [-0.3, -0.25) is 9.48 Å². The van der Waals surface area contributed by atoms with E-state index in [9.17, 15) is 13.6 Å². The molecule has 2 aromatic rings. The second-order valence-electron chi connectivity index (χ2n) is 6.74. The number of fused-ring (bicyclic) bond motifs is 1. The molecule has 1 atom stereocenters. The van der Waals surface area contributed by atoms with E-state index < -0.39 is 18.0 Å². The van der Waals surface area contributed by atoms with Crippen molar-refractivity contribution in [2.75, 3.05) is 6.54 Å². The number of carbonyl (C=O) groups excluding carboxylic acids is 1. The molecule has 2 aromatic heterocycles. The molecule has 2 aliphatic heterocycles. The highest BCUT2D eigenvalue weighted by atomic mass is 19.3. The Morgan fingerprint density at radius 2 is 2.26 bits per heavy atom. The largest absolute Gasteiger partial charge is 0.347 e. The first-order valence-electron chi connectivity index (χ1n) is 8.90. The van der Waals surface area contributed by atoms with E-state index in [1.807, 2.05) is 6.92 Å². The summed E-state index contributed by atoms with van der Waals surface area (Å²) in [4.78, 5) is 26.2. The van der Waals surface area contributed by atoms with Gasteiger partial charge in [-0.1, -0.05) is 6.92 Å². The maximum atomic E-state index is 13.7. The van der Waals surface area contributed by atoms with Gasteiger partial charge in [0.05, 0.1) is 35.5 Å². The van der Waals surface area contributed by atoms with Crippen LogP contribution in [0.2, 0.25) is 0 Å². The Morgan fingerprint density at radius 3 is 2.93 bits per heavy atom. The molecule has 0 saturated heterocycles. The highest BCUT2D eigenvalue weighted by molar-refractivity contribution is 6.12. The minimum atomic E-state index is -2.81. The number of alkyl halides is 2. The molecular formula is C18H20F2N6O. The zero-order valence-electron chi connectivity index (χ0n) is 15.1. The van der Waals surface area contributed by atoms with Crippen molar-refractivity contribution in [2.24, 2.45) is 18.0 Å². The molecule has 0 fully saturated rings. The molecule has 142 valence electrons. The van der Waals surface area contributed by atoms with Crippen molar-refractivity contribution in [1.29, 1.82) is 0 Å². The number of amides is 1. The Balaban J connectivity index is 1.67. The van der Waals surface area contributed by atoms with Gasteiger partial charge in [-0.2, -0.15) is 5.10 Å². The Kier molecular flexibility index (Phi) is 4.37. The van der Waals surface area contributed by atoms with Gasteiger partial charge in [-0.15, -0.1) is 0 Å². The molecule has 1 amide bonds. The lowest BCUT2D eigenvalue weighted by Crippen LogP contribution is -2.39. The van der Waals surface area contributed by atoms with Gasteiger partial charge in [0.25, 0.3) is 12.3 Å². The van der Waals surface area contributed by atoms with Gasteiger partial charge in [0.1, 0.15) is 11.4 Å². The van der Waals surface area contributed by atoms with Gasteiger partial charge in [0, 0.05) is 32.1 Å². The maximum absolute atomic E-state index is 13.7. The third-order valence-corrected chi connectivity index (χ3v) is 5.08. The van der Waals surface area contributed by atoms with Gasteiger partial charge in [-0.25, -0.2) is 18.8 Å². The molecule has 27 heavy (non-hydrogen) atoms. The van der Waals surface area contributed by atoms with Gasteiger partial charge < -0.3 is 9.88 Å². The molecule has 4 rings (SSSR count). The Labute approximate surface area is 154 Å². The zero-order chi connectivity index (χ0) is 19.1. The molecule has 9 heteroatoms. The molecule has 4 heterocycles. The third-order valence-electron chi connectivity index (χ3n) is 5.08. The molecule has 2 aliphatic rings. The van der Waals surface area contributed by atoms with E-state index in [-0.39, 0.29) is 11.5 Å². The van der Waals surface area contributed by atoms with Crippen LogP contribution in [-0.2, 0) is 24.8 Å². The fourth-order valence-corrected chi connectivity index (χ4v) is 3.75. The normalized spacial score (nSPS) is 19.7. The third kappa shape index (κ3) is 2.96. The van der Waals surface area contributed by atoms with Gasteiger partial charge >= 0.3 is 0 Å². The predicted molar refractivity (Wildman–Crippen MR) is 94.3 cm³/mol. The first-order valence-corrected chi connectivity index (χ1v) is 8.90.